The fourth-order valence-corrected chi connectivity index (χ4v) is 4.74. The van der Waals surface area contributed by atoms with Gasteiger partial charge in [0, 0.05) is 5.69 Å². The van der Waals surface area contributed by atoms with Crippen molar-refractivity contribution >= 4 is 48.7 Å². The number of nitrogens with one attached hydrogen (secondary N) is 2. The predicted molar refractivity (Wildman–Crippen MR) is 129 cm³/mol. The molecule has 37 heavy (non-hydrogen) atoms. The van der Waals surface area contributed by atoms with Gasteiger partial charge in [-0.15, -0.1) is 0 Å². The van der Waals surface area contributed by atoms with Crippen LogP contribution in [0.1, 0.15) is 5.56 Å². The van der Waals surface area contributed by atoms with Crippen molar-refractivity contribution in [3.8, 4) is 11.5 Å². The number of alkyl halides is 3. The number of aromatic nitrogens is 2. The van der Waals surface area contributed by atoms with E-state index in [1.807, 2.05) is 0 Å². The zero-order valence-corrected chi connectivity index (χ0v) is 20.8. The third kappa shape index (κ3) is 6.72. The van der Waals surface area contributed by atoms with Crippen molar-refractivity contribution in [3.05, 3.63) is 78.0 Å². The normalized spacial score (nSPS) is 11.7. The molecule has 0 aliphatic rings. The molecule has 0 radical (unpaired) electrons. The molecule has 0 aliphatic heterocycles. The molecular weight excluding hydrogens is 562 g/mol. The zero-order valence-electron chi connectivity index (χ0n) is 18.7. The van der Waals surface area contributed by atoms with Crippen molar-refractivity contribution < 1.29 is 36.6 Å². The molecule has 3 N–H and O–H groups in total. The largest absolute Gasteiger partial charge is 0.419 e. The Kier molecular flexibility index (Phi) is 7.89. The summed E-state index contributed by atoms with van der Waals surface area (Å²) in [7, 11) is 0. The third-order valence-electron chi connectivity index (χ3n) is 4.88. The van der Waals surface area contributed by atoms with E-state index in [4.69, 9.17) is 9.84 Å². The Labute approximate surface area is 213 Å². The van der Waals surface area contributed by atoms with Gasteiger partial charge in [-0.05, 0) is 18.2 Å². The second-order valence-corrected chi connectivity index (χ2v) is 10.4. The van der Waals surface area contributed by atoms with E-state index in [0.717, 1.165) is 16.6 Å². The molecule has 1 unspecified atom stereocenters. The Balaban J connectivity index is 1.43. The number of amides is 2. The first-order valence-corrected chi connectivity index (χ1v) is 13.2. The number of aliphatic hydroxyl groups excluding tert-OH is 1. The van der Waals surface area contributed by atoms with E-state index in [9.17, 15) is 26.7 Å². The first-order valence-electron chi connectivity index (χ1n) is 10.7. The number of rotatable bonds is 7. The Bertz CT molecular complexity index is 1450. The summed E-state index contributed by atoms with van der Waals surface area (Å²) in [5, 5.41) is 14.1. The number of fused-ring (bicyclic) bond motifs is 1. The van der Waals surface area contributed by atoms with Gasteiger partial charge in [0.2, 0.25) is 0 Å². The molecule has 1 heterocycles. The van der Waals surface area contributed by atoms with Crippen molar-refractivity contribution in [2.24, 2.45) is 0 Å². The van der Waals surface area contributed by atoms with Gasteiger partial charge < -0.3 is 5.32 Å². The number of urea groups is 1. The molecule has 2 amide bonds. The molecule has 7 nitrogen and oxygen atoms in total. The van der Waals surface area contributed by atoms with Crippen LogP contribution >= 0.6 is 0 Å². The molecule has 0 saturated heterocycles. The van der Waals surface area contributed by atoms with Crippen molar-refractivity contribution in [1.82, 2.24) is 9.97 Å². The van der Waals surface area contributed by atoms with E-state index in [1.54, 1.807) is 24.4 Å². The zero-order chi connectivity index (χ0) is 26.6. The summed E-state index contributed by atoms with van der Waals surface area (Å²) in [4.78, 5) is 21.0. The average molecular weight is 580 g/mol. The van der Waals surface area contributed by atoms with Crippen LogP contribution in [0.25, 0.3) is 11.0 Å². The fourth-order valence-electron chi connectivity index (χ4n) is 3.23. The molecule has 4 rings (SSSR count). The number of anilines is 2. The van der Waals surface area contributed by atoms with Crippen molar-refractivity contribution in [3.63, 3.8) is 0 Å². The summed E-state index contributed by atoms with van der Waals surface area (Å²) in [6.45, 7) is 0.0832. The average Bonchev–Trinajstić information content (AvgIpc) is 2.84. The van der Waals surface area contributed by atoms with Crippen LogP contribution < -0.4 is 19.9 Å². The summed E-state index contributed by atoms with van der Waals surface area (Å²) in [5.74, 6) is -2.13. The topological polar surface area (TPSA) is 96.4 Å². The van der Waals surface area contributed by atoms with Gasteiger partial charge in [-0.25, -0.2) is 9.18 Å². The maximum Gasteiger partial charge on any atom is 0.419 e. The molecule has 3 aromatic carbocycles. The van der Waals surface area contributed by atoms with Crippen LogP contribution in [0.5, 0.6) is 11.5 Å². The molecule has 13 heteroatoms. The predicted octanol–water partition coefficient (Wildman–Crippen LogP) is 4.84. The van der Waals surface area contributed by atoms with Crippen molar-refractivity contribution in [1.29, 1.82) is 0 Å². The molecular formula is C24H18AsF5N4O3. The molecule has 1 aromatic heterocycles. The number of nitrogens with zero attached hydrogens (tertiary/aromatic N) is 2. The van der Waals surface area contributed by atoms with Crippen LogP contribution in [0.4, 0.5) is 38.1 Å². The standard InChI is InChI=1S/C24H18AsF5N4O3/c26-17-4-1-13(9-16(17)24(28,29)30)32-23(36)33-14-2-6-21(18(27)10-14)37-15-3-5-19-20(11-15)34-22(12-31-19)25-7-8-35/h1-6,9-12,25,35H,7-8H2,(H2,32,33,36). The van der Waals surface area contributed by atoms with Crippen LogP contribution in [0, 0.1) is 11.6 Å². The van der Waals surface area contributed by atoms with Crippen molar-refractivity contribution in [2.45, 2.75) is 11.4 Å². The summed E-state index contributed by atoms with van der Waals surface area (Å²) < 4.78 is 73.0. The van der Waals surface area contributed by atoms with Gasteiger partial charge in [0.1, 0.15) is 5.82 Å². The number of ether oxygens (including phenoxy) is 1. The van der Waals surface area contributed by atoms with Crippen LogP contribution in [-0.2, 0) is 6.18 Å². The number of benzene rings is 3. The van der Waals surface area contributed by atoms with E-state index in [0.29, 0.717) is 34.1 Å². The second kappa shape index (κ2) is 11.1. The summed E-state index contributed by atoms with van der Waals surface area (Å²) in [6.07, 6.45) is -3.26. The molecule has 0 aliphatic carbocycles. The number of halogens is 5. The summed E-state index contributed by atoms with van der Waals surface area (Å²) in [6, 6.07) is 9.50. The Morgan fingerprint density at radius 1 is 0.946 bits per heavy atom. The molecule has 0 spiro atoms. The van der Waals surface area contributed by atoms with Gasteiger partial charge in [0.15, 0.2) is 0 Å². The monoisotopic (exact) mass is 580 g/mol. The number of hydrogen-bond donors (Lipinski definition) is 3. The minimum Gasteiger partial charge on any atom is -0.308 e. The Morgan fingerprint density at radius 2 is 1.68 bits per heavy atom. The number of carbonyl (C=O) groups excluding carboxylic acids is 1. The second-order valence-electron chi connectivity index (χ2n) is 7.57. The van der Waals surface area contributed by atoms with E-state index >= 15 is 0 Å². The SMILES string of the molecule is O=C(Nc1ccc(Oc2ccc3ncc([AsH]CCO)nc3c2)c(F)c1)Nc1ccc(F)c(C(F)(F)F)c1. The van der Waals surface area contributed by atoms with Gasteiger partial charge in [-0.3, -0.25) is 0 Å². The van der Waals surface area contributed by atoms with Crippen molar-refractivity contribution in [2.75, 3.05) is 17.2 Å². The molecule has 192 valence electrons. The van der Waals surface area contributed by atoms with Crippen LogP contribution in [0.15, 0.2) is 60.8 Å². The number of aliphatic hydroxyl groups is 1. The first kappa shape index (κ1) is 26.3. The number of carbonyl (C=O) groups is 1. The number of hydrogen-bond acceptors (Lipinski definition) is 5. The summed E-state index contributed by atoms with van der Waals surface area (Å²) >= 11 is -0.620. The van der Waals surface area contributed by atoms with Crippen LogP contribution in [0.3, 0.4) is 0 Å². The van der Waals surface area contributed by atoms with E-state index < -0.39 is 45.2 Å². The van der Waals surface area contributed by atoms with E-state index in [1.165, 1.54) is 12.1 Å². The van der Waals surface area contributed by atoms with Crippen LogP contribution in [0.2, 0.25) is 5.21 Å². The van der Waals surface area contributed by atoms with E-state index in [-0.39, 0.29) is 23.7 Å². The Hall–Kier alpha value is -3.76. The molecule has 0 bridgehead atoms. The molecule has 0 fully saturated rings. The third-order valence-corrected chi connectivity index (χ3v) is 7.14. The fraction of sp³-hybridized carbons (Fsp3) is 0.125. The molecule has 0 saturated carbocycles. The van der Waals surface area contributed by atoms with Gasteiger partial charge in [0.05, 0.1) is 5.56 Å². The minimum atomic E-state index is -4.93. The van der Waals surface area contributed by atoms with Gasteiger partial charge >= 0.3 is 150 Å². The van der Waals surface area contributed by atoms with Gasteiger partial charge in [0.25, 0.3) is 0 Å². The maximum absolute atomic E-state index is 14.6. The van der Waals surface area contributed by atoms with Gasteiger partial charge in [-0.1, -0.05) is 0 Å². The quantitative estimate of drug-likeness (QED) is 0.215. The maximum atomic E-state index is 14.6. The summed E-state index contributed by atoms with van der Waals surface area (Å²) in [5.41, 5.74) is -0.639. The smallest absolute Gasteiger partial charge is 0.308 e. The van der Waals surface area contributed by atoms with Gasteiger partial charge in [-0.2, -0.15) is 13.2 Å². The molecule has 1 atom stereocenters. The van der Waals surface area contributed by atoms with E-state index in [2.05, 4.69) is 20.6 Å². The minimum absolute atomic E-state index is 0.00266. The molecule has 4 aromatic rings. The van der Waals surface area contributed by atoms with Crippen LogP contribution in [-0.4, -0.2) is 43.5 Å². The Morgan fingerprint density at radius 3 is 2.38 bits per heavy atom. The first-order chi connectivity index (χ1) is 17.6.